The molecule has 2 amide bonds. The Kier molecular flexibility index (Phi) is 5.04. The highest BCUT2D eigenvalue weighted by atomic mass is 32.1. The Bertz CT molecular complexity index is 1280. The lowest BCUT2D eigenvalue weighted by Crippen LogP contribution is -2.41. The zero-order chi connectivity index (χ0) is 21.4. The summed E-state index contributed by atoms with van der Waals surface area (Å²) >= 11 is 1.28. The Hall–Kier alpha value is -3.59. The Morgan fingerprint density at radius 3 is 2.40 bits per heavy atom. The highest BCUT2D eigenvalue weighted by Gasteiger charge is 2.20. The predicted molar refractivity (Wildman–Crippen MR) is 115 cm³/mol. The fraction of sp³-hybridized carbons (Fsp3) is 0.190. The lowest BCUT2D eigenvalue weighted by atomic mass is 10.1. The second kappa shape index (κ2) is 7.68. The first kappa shape index (κ1) is 19.7. The van der Waals surface area contributed by atoms with Gasteiger partial charge in [-0.15, -0.1) is 11.3 Å². The minimum absolute atomic E-state index is 0.411. The van der Waals surface area contributed by atoms with Crippen LogP contribution in [0.2, 0.25) is 0 Å². The van der Waals surface area contributed by atoms with Gasteiger partial charge in [0.15, 0.2) is 5.65 Å². The van der Waals surface area contributed by atoms with Crippen LogP contribution in [0.3, 0.4) is 0 Å². The van der Waals surface area contributed by atoms with Gasteiger partial charge in [0.25, 0.3) is 11.8 Å². The molecule has 9 heteroatoms. The maximum Gasteiger partial charge on any atom is 0.281 e. The number of thiazole rings is 1. The summed E-state index contributed by atoms with van der Waals surface area (Å²) in [7, 11) is 1.78. The van der Waals surface area contributed by atoms with Crippen LogP contribution in [0.1, 0.15) is 37.1 Å². The van der Waals surface area contributed by atoms with Crippen molar-refractivity contribution in [3.8, 4) is 10.6 Å². The second-order valence-corrected chi connectivity index (χ2v) is 7.93. The first-order chi connectivity index (χ1) is 14.3. The van der Waals surface area contributed by atoms with Gasteiger partial charge in [0.2, 0.25) is 0 Å². The highest BCUT2D eigenvalue weighted by molar-refractivity contribution is 7.17. The van der Waals surface area contributed by atoms with E-state index in [2.05, 4.69) is 25.9 Å². The number of aromatic nitrogens is 4. The lowest BCUT2D eigenvalue weighted by Gasteiger charge is -2.08. The van der Waals surface area contributed by atoms with E-state index in [9.17, 15) is 9.59 Å². The van der Waals surface area contributed by atoms with Crippen molar-refractivity contribution in [3.05, 3.63) is 63.9 Å². The van der Waals surface area contributed by atoms with E-state index in [4.69, 9.17) is 0 Å². The third-order valence-electron chi connectivity index (χ3n) is 4.65. The van der Waals surface area contributed by atoms with Gasteiger partial charge in [-0.3, -0.25) is 25.1 Å². The number of carbonyl (C=O) groups excluding carboxylic acids is 2. The number of carbonyl (C=O) groups is 2. The Balaban J connectivity index is 1.55. The fourth-order valence-corrected chi connectivity index (χ4v) is 4.26. The third kappa shape index (κ3) is 3.55. The van der Waals surface area contributed by atoms with Gasteiger partial charge in [-0.05, 0) is 26.8 Å². The lowest BCUT2D eigenvalue weighted by molar-refractivity contribution is 0.0849. The molecule has 3 aromatic heterocycles. The molecule has 8 nitrogen and oxygen atoms in total. The van der Waals surface area contributed by atoms with Gasteiger partial charge in [-0.25, -0.2) is 9.97 Å². The minimum atomic E-state index is -0.430. The zero-order valence-corrected chi connectivity index (χ0v) is 17.8. The summed E-state index contributed by atoms with van der Waals surface area (Å²) in [6, 6.07) is 11.3. The zero-order valence-electron chi connectivity index (χ0n) is 17.0. The van der Waals surface area contributed by atoms with Gasteiger partial charge >= 0.3 is 0 Å². The van der Waals surface area contributed by atoms with Crippen LogP contribution in [-0.4, -0.2) is 31.6 Å². The average Bonchev–Trinajstić information content (AvgIpc) is 3.25. The normalized spacial score (nSPS) is 10.9. The molecule has 0 bridgehead atoms. The fourth-order valence-electron chi connectivity index (χ4n) is 3.30. The number of rotatable bonds is 3. The van der Waals surface area contributed by atoms with Crippen LogP contribution < -0.4 is 10.9 Å². The van der Waals surface area contributed by atoms with E-state index in [0.717, 1.165) is 10.6 Å². The van der Waals surface area contributed by atoms with Crippen LogP contribution in [0.25, 0.3) is 21.6 Å². The van der Waals surface area contributed by atoms with E-state index in [-0.39, 0.29) is 0 Å². The van der Waals surface area contributed by atoms with Crippen molar-refractivity contribution < 1.29 is 9.59 Å². The number of benzene rings is 1. The van der Waals surface area contributed by atoms with Crippen molar-refractivity contribution in [1.82, 2.24) is 30.6 Å². The maximum absolute atomic E-state index is 12.8. The van der Waals surface area contributed by atoms with Gasteiger partial charge < -0.3 is 0 Å². The number of fused-ring (bicyclic) bond motifs is 1. The topological polar surface area (TPSA) is 102 Å². The number of hydrazine groups is 1. The summed E-state index contributed by atoms with van der Waals surface area (Å²) in [5.41, 5.74) is 8.97. The molecule has 3 heterocycles. The Morgan fingerprint density at radius 1 is 0.967 bits per heavy atom. The number of pyridine rings is 1. The smallest absolute Gasteiger partial charge is 0.267 e. The molecular formula is C21H20N6O2S. The highest BCUT2D eigenvalue weighted by Crippen LogP contribution is 2.27. The van der Waals surface area contributed by atoms with Crippen molar-refractivity contribution in [3.63, 3.8) is 0 Å². The number of hydrogen-bond donors (Lipinski definition) is 2. The van der Waals surface area contributed by atoms with Crippen LogP contribution in [-0.2, 0) is 7.05 Å². The average molecular weight is 420 g/mol. The molecule has 0 fully saturated rings. The summed E-state index contributed by atoms with van der Waals surface area (Å²) in [5.74, 6) is -0.842. The number of nitrogens with one attached hydrogen (secondary N) is 2. The Labute approximate surface area is 176 Å². The molecule has 2 N–H and O–H groups in total. The SMILES string of the molecule is Cc1cc(C(=O)NNC(=O)c2sc(-c3ccccc3)nc2C)c2c(C)nn(C)c2n1. The molecule has 0 atom stereocenters. The van der Waals surface area contributed by atoms with Gasteiger partial charge in [0, 0.05) is 18.3 Å². The predicted octanol–water partition coefficient (Wildman–Crippen LogP) is 3.09. The van der Waals surface area contributed by atoms with Crippen LogP contribution in [0.4, 0.5) is 0 Å². The van der Waals surface area contributed by atoms with Gasteiger partial charge in [0.05, 0.1) is 22.3 Å². The molecule has 4 rings (SSSR count). The van der Waals surface area contributed by atoms with Crippen molar-refractivity contribution in [2.45, 2.75) is 20.8 Å². The first-order valence-electron chi connectivity index (χ1n) is 9.29. The van der Waals surface area contributed by atoms with Crippen molar-refractivity contribution in [1.29, 1.82) is 0 Å². The molecule has 152 valence electrons. The minimum Gasteiger partial charge on any atom is -0.267 e. The molecule has 0 unspecified atom stereocenters. The van der Waals surface area contributed by atoms with Crippen molar-refractivity contribution in [2.75, 3.05) is 0 Å². The quantitative estimate of drug-likeness (QED) is 0.496. The van der Waals surface area contributed by atoms with Gasteiger partial charge in [-0.1, -0.05) is 30.3 Å². The van der Waals surface area contributed by atoms with E-state index in [1.54, 1.807) is 24.7 Å². The summed E-state index contributed by atoms with van der Waals surface area (Å²) in [5, 5.41) is 5.75. The summed E-state index contributed by atoms with van der Waals surface area (Å²) < 4.78 is 1.64. The third-order valence-corrected chi connectivity index (χ3v) is 5.86. The van der Waals surface area contributed by atoms with Crippen LogP contribution >= 0.6 is 11.3 Å². The molecule has 0 aliphatic rings. The molecule has 0 radical (unpaired) electrons. The van der Waals surface area contributed by atoms with E-state index < -0.39 is 11.8 Å². The van der Waals surface area contributed by atoms with E-state index in [1.165, 1.54) is 11.3 Å². The Morgan fingerprint density at radius 2 is 1.67 bits per heavy atom. The largest absolute Gasteiger partial charge is 0.281 e. The van der Waals surface area contributed by atoms with E-state index in [1.807, 2.05) is 44.2 Å². The molecule has 4 aromatic rings. The summed E-state index contributed by atoms with van der Waals surface area (Å²) in [6.07, 6.45) is 0. The van der Waals surface area contributed by atoms with Crippen LogP contribution in [0, 0.1) is 20.8 Å². The number of hydrogen-bond acceptors (Lipinski definition) is 6. The molecule has 0 spiro atoms. The molecular weight excluding hydrogens is 400 g/mol. The molecule has 0 aliphatic carbocycles. The van der Waals surface area contributed by atoms with Gasteiger partial charge in [0.1, 0.15) is 9.88 Å². The van der Waals surface area contributed by atoms with Gasteiger partial charge in [-0.2, -0.15) is 5.10 Å². The molecule has 0 saturated carbocycles. The van der Waals surface area contributed by atoms with Crippen molar-refractivity contribution in [2.24, 2.45) is 7.05 Å². The molecule has 0 aliphatic heterocycles. The first-order valence-corrected chi connectivity index (χ1v) is 10.1. The maximum atomic E-state index is 12.8. The summed E-state index contributed by atoms with van der Waals surface area (Å²) in [4.78, 5) is 34.9. The monoisotopic (exact) mass is 420 g/mol. The van der Waals surface area contributed by atoms with Crippen LogP contribution in [0.5, 0.6) is 0 Å². The molecule has 30 heavy (non-hydrogen) atoms. The molecule has 0 saturated heterocycles. The second-order valence-electron chi connectivity index (χ2n) is 6.93. The molecule has 1 aromatic carbocycles. The standard InChI is InChI=1S/C21H20N6O2S/c1-11-10-15(16-12(2)26-27(4)18(16)22-11)19(28)24-25-20(29)17-13(3)23-21(30-17)14-8-6-5-7-9-14/h5-10H,1-4H3,(H,24,28)(H,25,29). The number of aryl methyl sites for hydroxylation is 4. The summed E-state index contributed by atoms with van der Waals surface area (Å²) in [6.45, 7) is 5.40. The number of nitrogens with zero attached hydrogens (tertiary/aromatic N) is 4. The number of amides is 2. The van der Waals surface area contributed by atoms with Crippen LogP contribution in [0.15, 0.2) is 36.4 Å². The van der Waals surface area contributed by atoms with Crippen molar-refractivity contribution >= 4 is 34.2 Å². The van der Waals surface area contributed by atoms with E-state index >= 15 is 0 Å². The van der Waals surface area contributed by atoms with E-state index in [0.29, 0.717) is 38.6 Å².